The Morgan fingerprint density at radius 1 is 1.36 bits per heavy atom. The van der Waals surface area contributed by atoms with Crippen LogP contribution in [0, 0.1) is 11.3 Å². The van der Waals surface area contributed by atoms with Crippen LogP contribution in [0.3, 0.4) is 0 Å². The van der Waals surface area contributed by atoms with Crippen molar-refractivity contribution in [3.63, 3.8) is 0 Å². The average molecular weight is 193 g/mol. The molecule has 0 bridgehead atoms. The lowest BCUT2D eigenvalue weighted by molar-refractivity contribution is 0.150. The SMILES string of the molecule is COc1ccc(OCC(O)C#N)cc1. The van der Waals surface area contributed by atoms with Gasteiger partial charge in [0.25, 0.3) is 0 Å². The number of benzene rings is 1. The predicted octanol–water partition coefficient (Wildman–Crippen LogP) is 0.958. The van der Waals surface area contributed by atoms with Gasteiger partial charge in [0, 0.05) is 0 Å². The number of aliphatic hydroxyl groups is 1. The van der Waals surface area contributed by atoms with Gasteiger partial charge in [-0.25, -0.2) is 0 Å². The molecule has 1 rings (SSSR count). The average Bonchev–Trinajstić information content (AvgIpc) is 2.26. The van der Waals surface area contributed by atoms with Gasteiger partial charge in [-0.05, 0) is 24.3 Å². The van der Waals surface area contributed by atoms with Crippen LogP contribution >= 0.6 is 0 Å². The van der Waals surface area contributed by atoms with Gasteiger partial charge in [-0.15, -0.1) is 0 Å². The molecular formula is C10H11NO3. The first-order valence-electron chi connectivity index (χ1n) is 4.11. The number of aliphatic hydroxyl groups excluding tert-OH is 1. The van der Waals surface area contributed by atoms with Crippen molar-refractivity contribution in [1.82, 2.24) is 0 Å². The standard InChI is InChI=1S/C10H11NO3/c1-13-9-2-4-10(5-3-9)14-7-8(12)6-11/h2-5,8,12H,7H2,1H3. The molecule has 1 unspecified atom stereocenters. The van der Waals surface area contributed by atoms with Gasteiger partial charge in [-0.2, -0.15) is 5.26 Å². The highest BCUT2D eigenvalue weighted by Crippen LogP contribution is 2.16. The van der Waals surface area contributed by atoms with Gasteiger partial charge in [0.05, 0.1) is 13.2 Å². The molecule has 0 aromatic heterocycles. The highest BCUT2D eigenvalue weighted by molar-refractivity contribution is 5.31. The molecule has 4 nitrogen and oxygen atoms in total. The van der Waals surface area contributed by atoms with Crippen LogP contribution in [0.25, 0.3) is 0 Å². The van der Waals surface area contributed by atoms with E-state index in [-0.39, 0.29) is 6.61 Å². The molecule has 0 aliphatic rings. The van der Waals surface area contributed by atoms with E-state index in [1.165, 1.54) is 0 Å². The highest BCUT2D eigenvalue weighted by Gasteiger charge is 2.02. The van der Waals surface area contributed by atoms with E-state index in [2.05, 4.69) is 0 Å². The maximum atomic E-state index is 8.91. The molecule has 1 atom stereocenters. The second-order valence-electron chi connectivity index (χ2n) is 2.63. The zero-order valence-electron chi connectivity index (χ0n) is 7.80. The van der Waals surface area contributed by atoms with Gasteiger partial charge in [-0.1, -0.05) is 0 Å². The van der Waals surface area contributed by atoms with Crippen LogP contribution in [-0.2, 0) is 0 Å². The van der Waals surface area contributed by atoms with Gasteiger partial charge in [-0.3, -0.25) is 0 Å². The molecule has 0 fully saturated rings. The minimum Gasteiger partial charge on any atom is -0.497 e. The number of hydrogen-bond donors (Lipinski definition) is 1. The van der Waals surface area contributed by atoms with E-state index in [4.69, 9.17) is 19.8 Å². The van der Waals surface area contributed by atoms with Crippen LogP contribution in [0.5, 0.6) is 11.5 Å². The third kappa shape index (κ3) is 2.96. The maximum Gasteiger partial charge on any atom is 0.174 e. The van der Waals surface area contributed by atoms with Crippen LogP contribution in [0.15, 0.2) is 24.3 Å². The Labute approximate surface area is 82.3 Å². The Morgan fingerprint density at radius 2 is 1.93 bits per heavy atom. The van der Waals surface area contributed by atoms with Gasteiger partial charge in [0.1, 0.15) is 18.1 Å². The Bertz CT molecular complexity index is 315. The molecule has 0 saturated carbocycles. The van der Waals surface area contributed by atoms with E-state index in [1.54, 1.807) is 37.4 Å². The first-order chi connectivity index (χ1) is 6.76. The smallest absolute Gasteiger partial charge is 0.174 e. The van der Waals surface area contributed by atoms with Gasteiger partial charge < -0.3 is 14.6 Å². The number of rotatable bonds is 4. The third-order valence-corrected chi connectivity index (χ3v) is 1.62. The molecule has 0 radical (unpaired) electrons. The molecule has 0 spiro atoms. The second-order valence-corrected chi connectivity index (χ2v) is 2.63. The molecule has 14 heavy (non-hydrogen) atoms. The van der Waals surface area contributed by atoms with E-state index < -0.39 is 6.10 Å². The van der Waals surface area contributed by atoms with E-state index in [1.807, 2.05) is 0 Å². The van der Waals surface area contributed by atoms with Crippen molar-refractivity contribution in [1.29, 1.82) is 5.26 Å². The minimum atomic E-state index is -1.09. The summed E-state index contributed by atoms with van der Waals surface area (Å²) >= 11 is 0. The fourth-order valence-corrected chi connectivity index (χ4v) is 0.884. The zero-order chi connectivity index (χ0) is 10.4. The Balaban J connectivity index is 2.48. The van der Waals surface area contributed by atoms with Crippen molar-refractivity contribution in [3.8, 4) is 17.6 Å². The monoisotopic (exact) mass is 193 g/mol. The van der Waals surface area contributed by atoms with E-state index >= 15 is 0 Å². The van der Waals surface area contributed by atoms with Gasteiger partial charge in [0.15, 0.2) is 6.10 Å². The largest absolute Gasteiger partial charge is 0.497 e. The lowest BCUT2D eigenvalue weighted by atomic mass is 10.3. The first-order valence-corrected chi connectivity index (χ1v) is 4.11. The molecular weight excluding hydrogens is 182 g/mol. The summed E-state index contributed by atoms with van der Waals surface area (Å²) in [7, 11) is 1.58. The minimum absolute atomic E-state index is 0.0250. The summed E-state index contributed by atoms with van der Waals surface area (Å²) in [4.78, 5) is 0. The summed E-state index contributed by atoms with van der Waals surface area (Å²) in [5.41, 5.74) is 0. The number of hydrogen-bond acceptors (Lipinski definition) is 4. The molecule has 1 aromatic rings. The fraction of sp³-hybridized carbons (Fsp3) is 0.300. The Morgan fingerprint density at radius 3 is 2.43 bits per heavy atom. The van der Waals surface area contributed by atoms with E-state index in [0.717, 1.165) is 5.75 Å². The summed E-state index contributed by atoms with van der Waals surface area (Å²) in [6.45, 7) is -0.0250. The van der Waals surface area contributed by atoms with Gasteiger partial charge in [0.2, 0.25) is 0 Å². The van der Waals surface area contributed by atoms with Crippen molar-refractivity contribution >= 4 is 0 Å². The van der Waals surface area contributed by atoms with Crippen molar-refractivity contribution in [2.75, 3.05) is 13.7 Å². The number of ether oxygens (including phenoxy) is 2. The summed E-state index contributed by atoms with van der Waals surface area (Å²) in [6, 6.07) is 8.57. The fourth-order valence-electron chi connectivity index (χ4n) is 0.884. The highest BCUT2D eigenvalue weighted by atomic mass is 16.5. The molecule has 74 valence electrons. The summed E-state index contributed by atoms with van der Waals surface area (Å²) in [6.07, 6.45) is -1.09. The lowest BCUT2D eigenvalue weighted by Crippen LogP contribution is -2.14. The van der Waals surface area contributed by atoms with Crippen LogP contribution in [0.4, 0.5) is 0 Å². The van der Waals surface area contributed by atoms with Gasteiger partial charge >= 0.3 is 0 Å². The van der Waals surface area contributed by atoms with Crippen LogP contribution in [-0.4, -0.2) is 24.9 Å². The van der Waals surface area contributed by atoms with Crippen LogP contribution in [0.2, 0.25) is 0 Å². The molecule has 0 amide bonds. The van der Waals surface area contributed by atoms with Crippen molar-refractivity contribution in [3.05, 3.63) is 24.3 Å². The predicted molar refractivity (Wildman–Crippen MR) is 50.1 cm³/mol. The number of nitrogens with zero attached hydrogens (tertiary/aromatic N) is 1. The number of nitriles is 1. The quantitative estimate of drug-likeness (QED) is 0.723. The topological polar surface area (TPSA) is 62.5 Å². The Kier molecular flexibility index (Phi) is 3.77. The molecule has 4 heteroatoms. The van der Waals surface area contributed by atoms with Crippen LogP contribution < -0.4 is 9.47 Å². The van der Waals surface area contributed by atoms with Crippen LogP contribution in [0.1, 0.15) is 0 Å². The molecule has 0 saturated heterocycles. The second kappa shape index (κ2) is 5.10. The number of methoxy groups -OCH3 is 1. The van der Waals surface area contributed by atoms with Crippen molar-refractivity contribution < 1.29 is 14.6 Å². The molecule has 0 aliphatic carbocycles. The summed E-state index contributed by atoms with van der Waals surface area (Å²) in [5.74, 6) is 1.33. The van der Waals surface area contributed by atoms with E-state index in [0.29, 0.717) is 5.75 Å². The van der Waals surface area contributed by atoms with Crippen molar-refractivity contribution in [2.45, 2.75) is 6.10 Å². The summed E-state index contributed by atoms with van der Waals surface area (Å²) < 4.78 is 10.1. The van der Waals surface area contributed by atoms with Crippen molar-refractivity contribution in [2.24, 2.45) is 0 Å². The van der Waals surface area contributed by atoms with E-state index in [9.17, 15) is 0 Å². The Hall–Kier alpha value is -1.73. The maximum absolute atomic E-state index is 8.91. The molecule has 1 aromatic carbocycles. The molecule has 1 N–H and O–H groups in total. The lowest BCUT2D eigenvalue weighted by Gasteiger charge is -2.06. The zero-order valence-corrected chi connectivity index (χ0v) is 7.80. The molecule has 0 heterocycles. The third-order valence-electron chi connectivity index (χ3n) is 1.62. The first kappa shape index (κ1) is 10.4. The normalized spacial score (nSPS) is 11.5. The summed E-state index contributed by atoms with van der Waals surface area (Å²) in [5, 5.41) is 17.2. The molecule has 0 aliphatic heterocycles.